The van der Waals surface area contributed by atoms with Gasteiger partial charge in [0.1, 0.15) is 17.8 Å². The number of anilines is 1. The van der Waals surface area contributed by atoms with E-state index in [1.165, 1.54) is 7.11 Å². The number of aliphatic hydroxyl groups is 1. The highest BCUT2D eigenvalue weighted by atomic mass is 35.5. The first-order valence-corrected chi connectivity index (χ1v) is 15.9. The van der Waals surface area contributed by atoms with E-state index in [1.54, 1.807) is 18.0 Å². The van der Waals surface area contributed by atoms with Gasteiger partial charge in [-0.1, -0.05) is 48.4 Å². The minimum atomic E-state index is -1.70. The van der Waals surface area contributed by atoms with Gasteiger partial charge in [0.05, 0.1) is 29.3 Å². The highest BCUT2D eigenvalue weighted by Gasteiger charge is 2.63. The van der Waals surface area contributed by atoms with Crippen LogP contribution in [0.3, 0.4) is 0 Å². The van der Waals surface area contributed by atoms with Crippen molar-refractivity contribution >= 4 is 41.9 Å². The number of carbonyl (C=O) groups is 2. The van der Waals surface area contributed by atoms with E-state index >= 15 is 0 Å². The lowest BCUT2D eigenvalue weighted by atomic mass is 9.83. The van der Waals surface area contributed by atoms with Gasteiger partial charge < -0.3 is 29.0 Å². The zero-order chi connectivity index (χ0) is 31.5. The average Bonchev–Trinajstić information content (AvgIpc) is 3.64. The van der Waals surface area contributed by atoms with Gasteiger partial charge in [-0.25, -0.2) is 4.79 Å². The van der Waals surface area contributed by atoms with Crippen molar-refractivity contribution < 1.29 is 33.6 Å². The standard InChI is InChI=1S/C32H45ClN2O7S/c1-19-10-9-11-25(39-6)32(38)18-24(41-30(37)34-32)21(3)29-31(4,42-29)26(40-12-7-8-13-43)17-27(36)35(5)23-16-22(14-19)15-20(2)28(23)33/h9-11,15-16,21,24-26,29,38,43H,7-8,12-14,17-18H2,1-6H3,(H,34,37)/b11-9+,19-10+. The van der Waals surface area contributed by atoms with Crippen LogP contribution in [0.5, 0.6) is 0 Å². The van der Waals surface area contributed by atoms with Gasteiger partial charge in [0.15, 0.2) is 5.72 Å². The van der Waals surface area contributed by atoms with Crippen LogP contribution in [0.1, 0.15) is 57.6 Å². The second kappa shape index (κ2) is 13.9. The molecule has 11 heteroatoms. The van der Waals surface area contributed by atoms with E-state index in [4.69, 9.17) is 30.5 Å². The van der Waals surface area contributed by atoms with Crippen LogP contribution >= 0.6 is 24.2 Å². The van der Waals surface area contributed by atoms with E-state index in [0.717, 1.165) is 35.3 Å². The Morgan fingerprint density at radius 2 is 2.00 bits per heavy atom. The van der Waals surface area contributed by atoms with E-state index in [-0.39, 0.29) is 30.8 Å². The van der Waals surface area contributed by atoms with Crippen molar-refractivity contribution in [3.63, 3.8) is 0 Å². The number of unbranched alkanes of at least 4 members (excludes halogenated alkanes) is 1. The van der Waals surface area contributed by atoms with Crippen LogP contribution in [0.4, 0.5) is 10.5 Å². The predicted molar refractivity (Wildman–Crippen MR) is 170 cm³/mol. The average molecular weight is 637 g/mol. The molecule has 0 spiro atoms. The second-order valence-corrected chi connectivity index (χ2v) is 13.0. The first-order valence-electron chi connectivity index (χ1n) is 14.9. The topological polar surface area (TPSA) is 110 Å². The summed E-state index contributed by atoms with van der Waals surface area (Å²) in [7, 11) is 3.22. The number of rotatable bonds is 6. The number of hydrogen-bond acceptors (Lipinski definition) is 8. The van der Waals surface area contributed by atoms with Crippen molar-refractivity contribution in [3.05, 3.63) is 52.1 Å². The number of ether oxygens (including phenoxy) is 4. The van der Waals surface area contributed by atoms with E-state index in [0.29, 0.717) is 23.7 Å². The highest BCUT2D eigenvalue weighted by molar-refractivity contribution is 7.80. The third-order valence-corrected chi connectivity index (χ3v) is 9.63. The van der Waals surface area contributed by atoms with Crippen LogP contribution in [0.25, 0.3) is 0 Å². The summed E-state index contributed by atoms with van der Waals surface area (Å²) in [5.74, 6) is 0.283. The summed E-state index contributed by atoms with van der Waals surface area (Å²) in [6.45, 7) is 8.23. The molecule has 2 saturated heterocycles. The molecule has 3 aliphatic rings. The fourth-order valence-corrected chi connectivity index (χ4v) is 6.61. The van der Waals surface area contributed by atoms with Crippen LogP contribution < -0.4 is 10.2 Å². The molecule has 1 aromatic carbocycles. The summed E-state index contributed by atoms with van der Waals surface area (Å²) in [5.41, 5.74) is 1.05. The molecule has 43 heavy (non-hydrogen) atoms. The number of benzene rings is 1. The Balaban J connectivity index is 1.74. The Bertz CT molecular complexity index is 1260. The zero-order valence-electron chi connectivity index (χ0n) is 25.9. The molecule has 7 unspecified atom stereocenters. The van der Waals surface area contributed by atoms with E-state index in [9.17, 15) is 14.7 Å². The highest BCUT2D eigenvalue weighted by Crippen LogP contribution is 2.49. The van der Waals surface area contributed by atoms with Gasteiger partial charge in [0.25, 0.3) is 0 Å². The monoisotopic (exact) mass is 636 g/mol. The van der Waals surface area contributed by atoms with Crippen LogP contribution in [0.15, 0.2) is 35.9 Å². The van der Waals surface area contributed by atoms with Crippen LogP contribution in [0, 0.1) is 12.8 Å². The van der Waals surface area contributed by atoms with Crippen molar-refractivity contribution in [1.82, 2.24) is 5.32 Å². The van der Waals surface area contributed by atoms with Gasteiger partial charge in [-0.2, -0.15) is 12.6 Å². The summed E-state index contributed by atoms with van der Waals surface area (Å²) < 4.78 is 23.9. The molecule has 3 aliphatic heterocycles. The Morgan fingerprint density at radius 3 is 2.70 bits per heavy atom. The number of aryl methyl sites for hydroxylation is 1. The number of amides is 2. The Hall–Kier alpha value is -2.08. The lowest BCUT2D eigenvalue weighted by Gasteiger charge is -2.42. The quantitative estimate of drug-likeness (QED) is 0.225. The van der Waals surface area contributed by atoms with Crippen LogP contribution in [-0.4, -0.2) is 79.4 Å². The molecule has 238 valence electrons. The zero-order valence-corrected chi connectivity index (χ0v) is 27.5. The van der Waals surface area contributed by atoms with Crippen molar-refractivity contribution in [1.29, 1.82) is 0 Å². The molecule has 0 saturated carbocycles. The molecule has 0 aliphatic carbocycles. The number of nitrogens with zero attached hydrogens (tertiary/aromatic N) is 1. The Kier molecular flexibility index (Phi) is 10.9. The van der Waals surface area contributed by atoms with Crippen molar-refractivity contribution in [2.24, 2.45) is 5.92 Å². The summed E-state index contributed by atoms with van der Waals surface area (Å²) >= 11 is 11.0. The first kappa shape index (κ1) is 33.8. The fraction of sp³-hybridized carbons (Fsp3) is 0.625. The Morgan fingerprint density at radius 1 is 1.26 bits per heavy atom. The maximum Gasteiger partial charge on any atom is 0.409 e. The summed E-state index contributed by atoms with van der Waals surface area (Å²) in [5, 5.41) is 14.7. The molecule has 2 fully saturated rings. The van der Waals surface area contributed by atoms with Crippen LogP contribution in [0.2, 0.25) is 5.02 Å². The molecular formula is C32H45ClN2O7S. The Labute approximate surface area is 265 Å². The molecule has 3 heterocycles. The number of nitrogens with one attached hydrogen (secondary N) is 1. The number of thiol groups is 1. The summed E-state index contributed by atoms with van der Waals surface area (Å²) in [6, 6.07) is 3.96. The molecule has 0 radical (unpaired) electrons. The number of epoxide rings is 1. The fourth-order valence-electron chi connectivity index (χ4n) is 6.15. The molecule has 4 rings (SSSR count). The van der Waals surface area contributed by atoms with Gasteiger partial charge in [-0.15, -0.1) is 0 Å². The maximum absolute atomic E-state index is 13.8. The molecule has 0 aromatic heterocycles. The molecule has 9 nitrogen and oxygen atoms in total. The normalized spacial score (nSPS) is 35.3. The number of alkyl carbamates (subject to hydrolysis) is 1. The first-order chi connectivity index (χ1) is 20.3. The van der Waals surface area contributed by atoms with Gasteiger partial charge in [0.2, 0.25) is 5.91 Å². The summed E-state index contributed by atoms with van der Waals surface area (Å²) in [6.07, 6.45) is 4.76. The summed E-state index contributed by atoms with van der Waals surface area (Å²) in [4.78, 5) is 28.0. The SMILES string of the molecule is COC1/C=C/C=C(\C)Cc2cc(C)c(Cl)c(c2)N(C)C(=O)CC(OCCCCS)C2(C)OC2C(C)C2CC1(O)NC(=O)O2. The minimum absolute atomic E-state index is 0.0707. The number of allylic oxidation sites excluding steroid dienone is 3. The lowest BCUT2D eigenvalue weighted by molar-refractivity contribution is -0.142. The van der Waals surface area contributed by atoms with Gasteiger partial charge in [-0.05, 0) is 63.0 Å². The lowest BCUT2D eigenvalue weighted by Crippen LogP contribution is -2.63. The molecular weight excluding hydrogens is 592 g/mol. The van der Waals surface area contributed by atoms with Gasteiger partial charge in [-0.3, -0.25) is 10.1 Å². The van der Waals surface area contributed by atoms with Crippen molar-refractivity contribution in [2.45, 2.75) is 95.5 Å². The number of halogens is 1. The maximum atomic E-state index is 13.8. The van der Waals surface area contributed by atoms with E-state index < -0.39 is 35.7 Å². The molecule has 4 bridgehead atoms. The predicted octanol–water partition coefficient (Wildman–Crippen LogP) is 5.15. The minimum Gasteiger partial charge on any atom is -0.446 e. The molecule has 2 N–H and O–H groups in total. The molecule has 2 amide bonds. The molecule has 1 aromatic rings. The largest absolute Gasteiger partial charge is 0.446 e. The van der Waals surface area contributed by atoms with E-state index in [2.05, 4.69) is 17.9 Å². The third kappa shape index (κ3) is 7.60. The van der Waals surface area contributed by atoms with E-state index in [1.807, 2.05) is 52.0 Å². The molecule has 7 atom stereocenters. The number of carbonyl (C=O) groups excluding carboxylic acids is 2. The van der Waals surface area contributed by atoms with Crippen molar-refractivity contribution in [3.8, 4) is 0 Å². The van der Waals surface area contributed by atoms with Crippen LogP contribution in [-0.2, 0) is 30.2 Å². The number of hydrogen-bond donors (Lipinski definition) is 3. The third-order valence-electron chi connectivity index (χ3n) is 8.82. The second-order valence-electron chi connectivity index (χ2n) is 12.2. The number of methoxy groups -OCH3 is 1. The van der Waals surface area contributed by atoms with Gasteiger partial charge >= 0.3 is 6.09 Å². The number of fused-ring (bicyclic) bond motifs is 5. The van der Waals surface area contributed by atoms with Crippen molar-refractivity contribution in [2.75, 3.05) is 31.4 Å². The smallest absolute Gasteiger partial charge is 0.409 e. The van der Waals surface area contributed by atoms with Gasteiger partial charge in [0, 0.05) is 33.1 Å².